The third-order valence-corrected chi connectivity index (χ3v) is 7.04. The molecule has 2 aromatic carbocycles. The van der Waals surface area contributed by atoms with Crippen LogP contribution in [-0.4, -0.2) is 77.0 Å². The van der Waals surface area contributed by atoms with E-state index in [1.807, 2.05) is 16.7 Å². The molecule has 2 aromatic heterocycles. The smallest absolute Gasteiger partial charge is 0.180 e. The number of aromatic nitrogens is 3. The molecule has 0 radical (unpaired) electrons. The van der Waals surface area contributed by atoms with E-state index in [-0.39, 0.29) is 24.3 Å². The summed E-state index contributed by atoms with van der Waals surface area (Å²) in [7, 11) is 3.54. The zero-order valence-electron chi connectivity index (χ0n) is 22.2. The van der Waals surface area contributed by atoms with E-state index in [4.69, 9.17) is 4.74 Å². The second kappa shape index (κ2) is 12.5. The maximum Gasteiger partial charge on any atom is 0.180 e. The number of piperazine rings is 1. The maximum absolute atomic E-state index is 14.3. The number of carbonyl (C=O) groups is 1. The van der Waals surface area contributed by atoms with Crippen LogP contribution < -0.4 is 15.4 Å². The number of benzene rings is 2. The van der Waals surface area contributed by atoms with Gasteiger partial charge in [0.15, 0.2) is 23.0 Å². The molecule has 1 atom stereocenters. The Morgan fingerprint density at radius 2 is 2.10 bits per heavy atom. The normalized spacial score (nSPS) is 15.8. The van der Waals surface area contributed by atoms with Crippen molar-refractivity contribution >= 4 is 35.8 Å². The number of nitrogens with one attached hydrogen (secondary N) is 2. The molecule has 4 aromatic rings. The van der Waals surface area contributed by atoms with Gasteiger partial charge in [-0.25, -0.2) is 14.4 Å². The molecule has 1 aliphatic heterocycles. The molecule has 11 heteroatoms. The number of methoxy groups -OCH3 is 1. The first-order chi connectivity index (χ1) is 18.5. The van der Waals surface area contributed by atoms with Crippen LogP contribution in [-0.2, 0) is 11.3 Å². The fraction of sp³-hybridized carbons (Fsp3) is 0.321. The number of likely N-dealkylation sites (N-methyl/N-ethyl adjacent to an activating group) is 1. The van der Waals surface area contributed by atoms with Crippen molar-refractivity contribution in [1.82, 2.24) is 29.5 Å². The van der Waals surface area contributed by atoms with E-state index in [1.165, 1.54) is 18.7 Å². The van der Waals surface area contributed by atoms with Gasteiger partial charge < -0.3 is 20.2 Å². The minimum Gasteiger partial charge on any atom is -0.494 e. The standard InChI is InChI=1S/C28H32FN7O2.ClH/c1-19-14-22(6-4-21(19)18-34(2)26-17-30-8-10-35(26)12-13-37)33-27-28-32-16-24(36(28)11-9-31-27)20-5-7-25(38-3)23(29)15-20;/h4-7,9,11,13-16,26,30H,8,10,12,17-18H2,1-3H3,(H,31,33);1H/t26-;/m1./s1. The van der Waals surface area contributed by atoms with Crippen molar-refractivity contribution in [3.05, 3.63) is 71.9 Å². The number of halogens is 2. The highest BCUT2D eigenvalue weighted by atomic mass is 35.5. The second-order valence-electron chi connectivity index (χ2n) is 9.49. The Morgan fingerprint density at radius 1 is 1.26 bits per heavy atom. The zero-order chi connectivity index (χ0) is 26.6. The van der Waals surface area contributed by atoms with Crippen LogP contribution in [0.5, 0.6) is 5.75 Å². The summed E-state index contributed by atoms with van der Waals surface area (Å²) in [6, 6.07) is 11.1. The molecule has 1 saturated heterocycles. The van der Waals surface area contributed by atoms with Gasteiger partial charge in [0.25, 0.3) is 0 Å². The number of anilines is 2. The van der Waals surface area contributed by atoms with E-state index >= 15 is 0 Å². The molecular formula is C28H33ClFN7O2. The summed E-state index contributed by atoms with van der Waals surface area (Å²) < 4.78 is 21.2. The summed E-state index contributed by atoms with van der Waals surface area (Å²) in [5.41, 5.74) is 5.35. The molecule has 0 amide bonds. The van der Waals surface area contributed by atoms with Crippen LogP contribution in [0, 0.1) is 12.7 Å². The number of hydrogen-bond donors (Lipinski definition) is 2. The van der Waals surface area contributed by atoms with Crippen LogP contribution in [0.15, 0.2) is 55.0 Å². The zero-order valence-corrected chi connectivity index (χ0v) is 23.0. The van der Waals surface area contributed by atoms with Gasteiger partial charge in [0, 0.05) is 49.8 Å². The molecule has 5 rings (SSSR count). The molecule has 1 aliphatic rings. The van der Waals surface area contributed by atoms with E-state index in [2.05, 4.69) is 56.5 Å². The monoisotopic (exact) mass is 553 g/mol. The molecule has 39 heavy (non-hydrogen) atoms. The Morgan fingerprint density at radius 3 is 2.85 bits per heavy atom. The van der Waals surface area contributed by atoms with Gasteiger partial charge in [0.05, 0.1) is 31.7 Å². The molecule has 0 bridgehead atoms. The van der Waals surface area contributed by atoms with E-state index in [9.17, 15) is 9.18 Å². The van der Waals surface area contributed by atoms with Crippen LogP contribution in [0.2, 0.25) is 0 Å². The van der Waals surface area contributed by atoms with Crippen molar-refractivity contribution in [3.8, 4) is 17.0 Å². The van der Waals surface area contributed by atoms with Crippen LogP contribution in [0.25, 0.3) is 16.9 Å². The summed E-state index contributed by atoms with van der Waals surface area (Å²) in [6.07, 6.45) is 6.36. The number of rotatable bonds is 9. The van der Waals surface area contributed by atoms with Crippen molar-refractivity contribution in [1.29, 1.82) is 0 Å². The topological polar surface area (TPSA) is 87.0 Å². The van der Waals surface area contributed by atoms with Crippen molar-refractivity contribution in [2.45, 2.75) is 19.6 Å². The van der Waals surface area contributed by atoms with Gasteiger partial charge in [-0.15, -0.1) is 12.4 Å². The van der Waals surface area contributed by atoms with Gasteiger partial charge >= 0.3 is 0 Å². The highest BCUT2D eigenvalue weighted by molar-refractivity contribution is 5.85. The Balaban J connectivity index is 0.00000353. The van der Waals surface area contributed by atoms with E-state index in [1.54, 1.807) is 24.5 Å². The summed E-state index contributed by atoms with van der Waals surface area (Å²) in [4.78, 5) is 24.7. The van der Waals surface area contributed by atoms with Crippen molar-refractivity contribution < 1.29 is 13.9 Å². The third-order valence-electron chi connectivity index (χ3n) is 7.04. The fourth-order valence-electron chi connectivity index (χ4n) is 4.98. The number of imidazole rings is 1. The summed E-state index contributed by atoms with van der Waals surface area (Å²) in [5, 5.41) is 6.82. The lowest BCUT2D eigenvalue weighted by atomic mass is 10.1. The third kappa shape index (κ3) is 6.04. The van der Waals surface area contributed by atoms with Crippen molar-refractivity contribution in [2.75, 3.05) is 45.7 Å². The molecule has 0 spiro atoms. The molecule has 0 saturated carbocycles. The number of aryl methyl sites for hydroxylation is 1. The largest absolute Gasteiger partial charge is 0.494 e. The van der Waals surface area contributed by atoms with Crippen molar-refractivity contribution in [2.24, 2.45) is 0 Å². The fourth-order valence-corrected chi connectivity index (χ4v) is 4.98. The molecule has 2 N–H and O–H groups in total. The average Bonchev–Trinajstić information content (AvgIpc) is 3.36. The molecular weight excluding hydrogens is 521 g/mol. The first-order valence-electron chi connectivity index (χ1n) is 12.6. The Hall–Kier alpha value is -3.57. The van der Waals surface area contributed by atoms with Crippen LogP contribution in [0.4, 0.5) is 15.9 Å². The Labute approximate surface area is 233 Å². The van der Waals surface area contributed by atoms with E-state index in [0.717, 1.165) is 49.4 Å². The van der Waals surface area contributed by atoms with Gasteiger partial charge in [-0.1, -0.05) is 6.07 Å². The first kappa shape index (κ1) is 28.4. The lowest BCUT2D eigenvalue weighted by Gasteiger charge is -2.40. The average molecular weight is 554 g/mol. The van der Waals surface area contributed by atoms with E-state index in [0.29, 0.717) is 23.6 Å². The minimum atomic E-state index is -0.426. The number of hydrogen-bond acceptors (Lipinski definition) is 8. The highest BCUT2D eigenvalue weighted by Gasteiger charge is 2.25. The Bertz CT molecular complexity index is 1450. The second-order valence-corrected chi connectivity index (χ2v) is 9.49. The van der Waals surface area contributed by atoms with Crippen LogP contribution in [0.1, 0.15) is 11.1 Å². The molecule has 9 nitrogen and oxygen atoms in total. The highest BCUT2D eigenvalue weighted by Crippen LogP contribution is 2.29. The van der Waals surface area contributed by atoms with Crippen molar-refractivity contribution in [3.63, 3.8) is 0 Å². The SMILES string of the molecule is COc1ccc(-c2cnc3c(Nc4ccc(CN(C)[C@H]5CNCCN5CC=O)c(C)c4)nccn23)cc1F.Cl. The first-order valence-corrected chi connectivity index (χ1v) is 12.6. The number of nitrogens with zero attached hydrogens (tertiary/aromatic N) is 5. The van der Waals surface area contributed by atoms with Gasteiger partial charge in [0.1, 0.15) is 6.29 Å². The lowest BCUT2D eigenvalue weighted by molar-refractivity contribution is -0.110. The molecule has 0 aliphatic carbocycles. The predicted octanol–water partition coefficient (Wildman–Crippen LogP) is 3.88. The Kier molecular flexibility index (Phi) is 9.13. The van der Waals surface area contributed by atoms with Gasteiger partial charge in [-0.3, -0.25) is 14.2 Å². The minimum absolute atomic E-state index is 0. The van der Waals surface area contributed by atoms with E-state index < -0.39 is 5.82 Å². The number of fused-ring (bicyclic) bond motifs is 1. The summed E-state index contributed by atoms with van der Waals surface area (Å²) in [5.74, 6) is 0.379. The lowest BCUT2D eigenvalue weighted by Crippen LogP contribution is -2.58. The van der Waals surface area contributed by atoms with Crippen LogP contribution in [0.3, 0.4) is 0 Å². The van der Waals surface area contributed by atoms with Crippen LogP contribution >= 0.6 is 12.4 Å². The molecule has 0 unspecified atom stereocenters. The predicted molar refractivity (Wildman–Crippen MR) is 152 cm³/mol. The van der Waals surface area contributed by atoms with Gasteiger partial charge in [0.2, 0.25) is 0 Å². The summed E-state index contributed by atoms with van der Waals surface area (Å²) in [6.45, 7) is 5.89. The molecule has 206 valence electrons. The number of aldehydes is 1. The molecule has 1 fully saturated rings. The van der Waals surface area contributed by atoms with Gasteiger partial charge in [-0.2, -0.15) is 0 Å². The molecule has 3 heterocycles. The number of ether oxygens (including phenoxy) is 1. The maximum atomic E-state index is 14.3. The number of carbonyl (C=O) groups excluding carboxylic acids is 1. The quantitative estimate of drug-likeness (QED) is 0.302. The summed E-state index contributed by atoms with van der Waals surface area (Å²) >= 11 is 0. The van der Waals surface area contributed by atoms with Gasteiger partial charge in [-0.05, 0) is 55.4 Å².